The van der Waals surface area contributed by atoms with Crippen LogP contribution in [0.4, 0.5) is 5.69 Å². The average molecular weight is 438 g/mol. The monoisotopic (exact) mass is 437 g/mol. The van der Waals surface area contributed by atoms with Crippen molar-refractivity contribution in [1.29, 1.82) is 0 Å². The number of ether oxygens (including phenoxy) is 1. The summed E-state index contributed by atoms with van der Waals surface area (Å²) >= 11 is 12.1. The fourth-order valence-corrected chi connectivity index (χ4v) is 4.69. The van der Waals surface area contributed by atoms with Gasteiger partial charge in [0.1, 0.15) is 0 Å². The number of carboxylic acids is 1. The first kappa shape index (κ1) is 20.2. The quantitative estimate of drug-likeness (QED) is 0.743. The number of hydrogen-bond donors (Lipinski definition) is 2. The summed E-state index contributed by atoms with van der Waals surface area (Å²) in [5.41, 5.74) is 2.96. The lowest BCUT2D eigenvalue weighted by Gasteiger charge is -2.23. The zero-order chi connectivity index (χ0) is 20.9. The Morgan fingerprint density at radius 1 is 1.21 bits per heavy atom. The molecule has 2 bridgehead atoms. The highest BCUT2D eigenvalue weighted by Gasteiger charge is 2.55. The number of amides is 1. The van der Waals surface area contributed by atoms with Crippen LogP contribution in [0.1, 0.15) is 29.8 Å². The van der Waals surface area contributed by atoms with Crippen LogP contribution in [-0.2, 0) is 20.9 Å². The molecule has 2 aromatic rings. The Kier molecular flexibility index (Phi) is 5.31. The Morgan fingerprint density at radius 3 is 2.55 bits per heavy atom. The molecule has 1 aromatic carbocycles. The number of carbonyl (C=O) groups is 2. The molecule has 2 aliphatic heterocycles. The van der Waals surface area contributed by atoms with Crippen molar-refractivity contribution in [3.8, 4) is 0 Å². The average Bonchev–Trinajstić information content (AvgIpc) is 3.34. The highest BCUT2D eigenvalue weighted by molar-refractivity contribution is 6.42. The molecule has 2 saturated heterocycles. The molecule has 0 spiro atoms. The smallest absolute Gasteiger partial charge is 0.310 e. The van der Waals surface area contributed by atoms with Crippen LogP contribution in [0.2, 0.25) is 10.0 Å². The summed E-state index contributed by atoms with van der Waals surface area (Å²) in [6, 6.07) is 5.38. The standard InChI is InChI=1S/C20H21Cl2N3O4/c1-9-18(10(2)25(24-9)8-11-3-4-12(21)13(22)7-11)23-19(26)16-14-5-6-15(29-14)17(16)20(27)28/h3-4,7,14-17H,5-6,8H2,1-2H3,(H,23,26)(H,27,28)/t14-,15+,16-,17+/m1/s1. The van der Waals surface area contributed by atoms with E-state index in [2.05, 4.69) is 10.4 Å². The molecule has 3 heterocycles. The highest BCUT2D eigenvalue weighted by atomic mass is 35.5. The Labute approximate surface area is 177 Å². The first-order chi connectivity index (χ1) is 13.8. The zero-order valence-corrected chi connectivity index (χ0v) is 17.5. The molecule has 4 atom stereocenters. The third-order valence-electron chi connectivity index (χ3n) is 5.81. The van der Waals surface area contributed by atoms with Crippen LogP contribution in [0.25, 0.3) is 0 Å². The molecule has 1 amide bonds. The number of fused-ring (bicyclic) bond motifs is 2. The minimum absolute atomic E-state index is 0.329. The molecule has 4 rings (SSSR count). The van der Waals surface area contributed by atoms with E-state index in [-0.39, 0.29) is 18.1 Å². The number of hydrogen-bond acceptors (Lipinski definition) is 4. The largest absolute Gasteiger partial charge is 0.481 e. The van der Waals surface area contributed by atoms with Crippen LogP contribution < -0.4 is 5.32 Å². The predicted octanol–water partition coefficient (Wildman–Crippen LogP) is 3.67. The summed E-state index contributed by atoms with van der Waals surface area (Å²) in [7, 11) is 0. The van der Waals surface area contributed by atoms with Gasteiger partial charge in [-0.05, 0) is 44.4 Å². The molecule has 154 valence electrons. The SMILES string of the molecule is Cc1nn(Cc2ccc(Cl)c(Cl)c2)c(C)c1NC(=O)[C@H]1[C@@H](C(=O)O)[C@@H]2CC[C@H]1O2. The summed E-state index contributed by atoms with van der Waals surface area (Å²) < 4.78 is 7.47. The Morgan fingerprint density at radius 2 is 1.90 bits per heavy atom. The number of rotatable bonds is 5. The van der Waals surface area contributed by atoms with Crippen molar-refractivity contribution in [1.82, 2.24) is 9.78 Å². The van der Waals surface area contributed by atoms with E-state index in [0.717, 1.165) is 11.3 Å². The Hall–Kier alpha value is -2.09. The number of nitrogens with one attached hydrogen (secondary N) is 1. The molecule has 2 fully saturated rings. The van der Waals surface area contributed by atoms with Gasteiger partial charge in [0, 0.05) is 0 Å². The van der Waals surface area contributed by atoms with Crippen molar-refractivity contribution in [2.75, 3.05) is 5.32 Å². The number of nitrogens with zero attached hydrogens (tertiary/aromatic N) is 2. The van der Waals surface area contributed by atoms with Crippen LogP contribution in [0.3, 0.4) is 0 Å². The molecular formula is C20H21Cl2N3O4. The van der Waals surface area contributed by atoms with Crippen molar-refractivity contribution in [2.45, 2.75) is 45.4 Å². The van der Waals surface area contributed by atoms with E-state index in [1.165, 1.54) is 0 Å². The van der Waals surface area contributed by atoms with Gasteiger partial charge in [-0.2, -0.15) is 5.10 Å². The number of anilines is 1. The minimum atomic E-state index is -0.985. The summed E-state index contributed by atoms with van der Waals surface area (Å²) in [5.74, 6) is -2.81. The van der Waals surface area contributed by atoms with Gasteiger partial charge < -0.3 is 15.2 Å². The molecule has 2 N–H and O–H groups in total. The van der Waals surface area contributed by atoms with Gasteiger partial charge in [0.2, 0.25) is 5.91 Å². The van der Waals surface area contributed by atoms with Gasteiger partial charge in [0.05, 0.1) is 57.7 Å². The van der Waals surface area contributed by atoms with Crippen molar-refractivity contribution in [3.63, 3.8) is 0 Å². The van der Waals surface area contributed by atoms with E-state index in [9.17, 15) is 14.7 Å². The van der Waals surface area contributed by atoms with Crippen molar-refractivity contribution < 1.29 is 19.4 Å². The summed E-state index contributed by atoms with van der Waals surface area (Å²) in [4.78, 5) is 24.6. The van der Waals surface area contributed by atoms with E-state index in [4.69, 9.17) is 27.9 Å². The lowest BCUT2D eigenvalue weighted by atomic mass is 9.78. The summed E-state index contributed by atoms with van der Waals surface area (Å²) in [5, 5.41) is 17.9. The third kappa shape index (κ3) is 3.63. The van der Waals surface area contributed by atoms with E-state index in [0.29, 0.717) is 40.8 Å². The molecule has 1 aromatic heterocycles. The van der Waals surface area contributed by atoms with Crippen LogP contribution in [0, 0.1) is 25.7 Å². The Balaban J connectivity index is 1.54. The first-order valence-corrected chi connectivity index (χ1v) is 10.2. The lowest BCUT2D eigenvalue weighted by molar-refractivity contribution is -0.147. The summed E-state index contributed by atoms with van der Waals surface area (Å²) in [6.45, 7) is 4.13. The normalized spacial score (nSPS) is 25.4. The molecular weight excluding hydrogens is 417 g/mol. The van der Waals surface area contributed by atoms with E-state index in [1.807, 2.05) is 13.0 Å². The molecule has 9 heteroatoms. The number of aromatic nitrogens is 2. The van der Waals surface area contributed by atoms with Gasteiger partial charge in [0.25, 0.3) is 0 Å². The van der Waals surface area contributed by atoms with Crippen LogP contribution in [0.15, 0.2) is 18.2 Å². The number of carbonyl (C=O) groups excluding carboxylic acids is 1. The third-order valence-corrected chi connectivity index (χ3v) is 6.55. The van der Waals surface area contributed by atoms with E-state index < -0.39 is 17.8 Å². The predicted molar refractivity (Wildman–Crippen MR) is 108 cm³/mol. The van der Waals surface area contributed by atoms with Crippen molar-refractivity contribution in [2.24, 2.45) is 11.8 Å². The van der Waals surface area contributed by atoms with E-state index in [1.54, 1.807) is 23.7 Å². The van der Waals surface area contributed by atoms with Crippen LogP contribution >= 0.6 is 23.2 Å². The number of halogens is 2. The van der Waals surface area contributed by atoms with Crippen molar-refractivity contribution >= 4 is 40.8 Å². The van der Waals surface area contributed by atoms with Crippen LogP contribution in [-0.4, -0.2) is 39.0 Å². The molecule has 0 radical (unpaired) electrons. The van der Waals surface area contributed by atoms with Gasteiger partial charge in [0.15, 0.2) is 0 Å². The molecule has 0 aliphatic carbocycles. The maximum Gasteiger partial charge on any atom is 0.310 e. The second-order valence-corrected chi connectivity index (χ2v) is 8.44. The lowest BCUT2D eigenvalue weighted by Crippen LogP contribution is -2.41. The number of aryl methyl sites for hydroxylation is 1. The molecule has 7 nitrogen and oxygen atoms in total. The fraction of sp³-hybridized carbons (Fsp3) is 0.450. The van der Waals surface area contributed by atoms with Gasteiger partial charge in [-0.3, -0.25) is 14.3 Å². The maximum absolute atomic E-state index is 13.0. The van der Waals surface area contributed by atoms with Gasteiger partial charge in [-0.15, -0.1) is 0 Å². The number of aliphatic carboxylic acids is 1. The van der Waals surface area contributed by atoms with Crippen molar-refractivity contribution in [3.05, 3.63) is 45.2 Å². The van der Waals surface area contributed by atoms with Crippen LogP contribution in [0.5, 0.6) is 0 Å². The second kappa shape index (κ2) is 7.63. The van der Waals surface area contributed by atoms with Gasteiger partial charge in [-0.1, -0.05) is 29.3 Å². The number of benzene rings is 1. The molecule has 29 heavy (non-hydrogen) atoms. The minimum Gasteiger partial charge on any atom is -0.481 e. The maximum atomic E-state index is 13.0. The second-order valence-electron chi connectivity index (χ2n) is 7.62. The zero-order valence-electron chi connectivity index (χ0n) is 16.0. The highest BCUT2D eigenvalue weighted by Crippen LogP contribution is 2.44. The topological polar surface area (TPSA) is 93.5 Å². The van der Waals surface area contributed by atoms with Gasteiger partial charge >= 0.3 is 5.97 Å². The van der Waals surface area contributed by atoms with E-state index >= 15 is 0 Å². The molecule has 0 unspecified atom stereocenters. The van der Waals surface area contributed by atoms with Gasteiger partial charge in [-0.25, -0.2) is 0 Å². The molecule has 2 aliphatic rings. The number of carboxylic acid groups (broad SMARTS) is 1. The fourth-order valence-electron chi connectivity index (χ4n) is 4.37. The first-order valence-electron chi connectivity index (χ1n) is 9.43. The Bertz CT molecular complexity index is 990. The molecule has 0 saturated carbocycles. The summed E-state index contributed by atoms with van der Waals surface area (Å²) in [6.07, 6.45) is 0.673.